The SMILES string of the molecule is CCCCC1CCC(C(=O)Nc2ccc(S(=O)(=O)C(F)F)cc2)CC1. The van der Waals surface area contributed by atoms with E-state index >= 15 is 0 Å². The first-order chi connectivity index (χ1) is 11.8. The zero-order chi connectivity index (χ0) is 18.4. The zero-order valence-corrected chi connectivity index (χ0v) is 15.2. The summed E-state index contributed by atoms with van der Waals surface area (Å²) in [6.07, 6.45) is 7.49. The summed E-state index contributed by atoms with van der Waals surface area (Å²) in [7, 11) is -4.60. The van der Waals surface area contributed by atoms with Crippen molar-refractivity contribution in [2.75, 3.05) is 5.32 Å². The topological polar surface area (TPSA) is 63.2 Å². The van der Waals surface area contributed by atoms with E-state index in [0.717, 1.165) is 37.8 Å². The van der Waals surface area contributed by atoms with Crippen molar-refractivity contribution in [3.63, 3.8) is 0 Å². The van der Waals surface area contributed by atoms with Crippen molar-refractivity contribution in [1.29, 1.82) is 0 Å². The third-order valence-electron chi connectivity index (χ3n) is 4.87. The van der Waals surface area contributed by atoms with Crippen LogP contribution in [0.5, 0.6) is 0 Å². The minimum absolute atomic E-state index is 0.0395. The lowest BCUT2D eigenvalue weighted by Crippen LogP contribution is -2.27. The van der Waals surface area contributed by atoms with Gasteiger partial charge in [0.05, 0.1) is 4.90 Å². The Balaban J connectivity index is 1.89. The van der Waals surface area contributed by atoms with Crippen LogP contribution >= 0.6 is 0 Å². The number of hydrogen-bond acceptors (Lipinski definition) is 3. The van der Waals surface area contributed by atoms with Gasteiger partial charge in [0, 0.05) is 11.6 Å². The summed E-state index contributed by atoms with van der Waals surface area (Å²) in [4.78, 5) is 11.9. The summed E-state index contributed by atoms with van der Waals surface area (Å²) >= 11 is 0. The highest BCUT2D eigenvalue weighted by Crippen LogP contribution is 2.32. The molecule has 1 aliphatic carbocycles. The molecular weight excluding hydrogens is 348 g/mol. The molecule has 140 valence electrons. The molecule has 0 aromatic heterocycles. The first-order valence-electron chi connectivity index (χ1n) is 8.77. The molecule has 1 saturated carbocycles. The number of carbonyl (C=O) groups is 1. The summed E-state index contributed by atoms with van der Waals surface area (Å²) in [5.41, 5.74) is 0.423. The van der Waals surface area contributed by atoms with E-state index < -0.39 is 20.5 Å². The average molecular weight is 373 g/mol. The highest BCUT2D eigenvalue weighted by molar-refractivity contribution is 7.91. The highest BCUT2D eigenvalue weighted by atomic mass is 32.2. The molecule has 1 aromatic carbocycles. The Labute approximate surface area is 147 Å². The van der Waals surface area contributed by atoms with Crippen molar-refractivity contribution in [2.24, 2.45) is 11.8 Å². The number of halogens is 2. The summed E-state index contributed by atoms with van der Waals surface area (Å²) in [5.74, 6) is -2.86. The fraction of sp³-hybridized carbons (Fsp3) is 0.611. The van der Waals surface area contributed by atoms with Gasteiger partial charge in [0.25, 0.3) is 0 Å². The number of carbonyl (C=O) groups excluding carboxylic acids is 1. The molecule has 0 bridgehead atoms. The molecule has 1 aromatic rings. The fourth-order valence-electron chi connectivity index (χ4n) is 3.28. The second-order valence-corrected chi connectivity index (χ2v) is 8.60. The van der Waals surface area contributed by atoms with E-state index in [1.165, 1.54) is 31.4 Å². The van der Waals surface area contributed by atoms with Gasteiger partial charge in [-0.05, 0) is 55.9 Å². The van der Waals surface area contributed by atoms with E-state index in [-0.39, 0.29) is 11.8 Å². The maximum Gasteiger partial charge on any atom is 0.341 e. The van der Waals surface area contributed by atoms with Gasteiger partial charge in [-0.25, -0.2) is 8.42 Å². The maximum atomic E-state index is 12.5. The number of sulfone groups is 1. The van der Waals surface area contributed by atoms with Crippen LogP contribution in [0.15, 0.2) is 29.2 Å². The second-order valence-electron chi connectivity index (χ2n) is 6.68. The summed E-state index contributed by atoms with van der Waals surface area (Å²) in [6, 6.07) is 4.89. The summed E-state index contributed by atoms with van der Waals surface area (Å²) in [5, 5.41) is 2.76. The van der Waals surface area contributed by atoms with Gasteiger partial charge in [-0.1, -0.05) is 26.2 Å². The molecule has 1 fully saturated rings. The average Bonchev–Trinajstić information content (AvgIpc) is 2.60. The normalized spacial score (nSPS) is 21.3. The minimum atomic E-state index is -4.60. The number of hydrogen-bond donors (Lipinski definition) is 1. The van der Waals surface area contributed by atoms with Gasteiger partial charge < -0.3 is 5.32 Å². The van der Waals surface area contributed by atoms with Crippen molar-refractivity contribution >= 4 is 21.4 Å². The standard InChI is InChI=1S/C18H25F2NO3S/c1-2-3-4-13-5-7-14(8-6-13)17(22)21-15-9-11-16(12-10-15)25(23,24)18(19)20/h9-14,18H,2-8H2,1H3,(H,21,22). The molecule has 0 aliphatic heterocycles. The second kappa shape index (κ2) is 8.74. The predicted molar refractivity (Wildman–Crippen MR) is 93.2 cm³/mol. The molecule has 0 unspecified atom stereocenters. The van der Waals surface area contributed by atoms with E-state index in [1.807, 2.05) is 0 Å². The van der Waals surface area contributed by atoms with Crippen LogP contribution in [0.2, 0.25) is 0 Å². The number of anilines is 1. The van der Waals surface area contributed by atoms with Crippen LogP contribution in [0.4, 0.5) is 14.5 Å². The molecule has 0 saturated heterocycles. The van der Waals surface area contributed by atoms with Gasteiger partial charge in [-0.2, -0.15) is 8.78 Å². The van der Waals surface area contributed by atoms with Gasteiger partial charge in [0.15, 0.2) is 0 Å². The van der Waals surface area contributed by atoms with Crippen molar-refractivity contribution < 1.29 is 22.0 Å². The van der Waals surface area contributed by atoms with Gasteiger partial charge in [-0.3, -0.25) is 4.79 Å². The molecule has 0 atom stereocenters. The summed E-state index contributed by atoms with van der Waals surface area (Å²) in [6.45, 7) is 2.18. The molecule has 0 heterocycles. The van der Waals surface area contributed by atoms with Crippen LogP contribution in [0.1, 0.15) is 51.9 Å². The molecule has 0 radical (unpaired) electrons. The number of unbranched alkanes of at least 4 members (excludes halogenated alkanes) is 1. The monoisotopic (exact) mass is 373 g/mol. The Morgan fingerprint density at radius 1 is 1.16 bits per heavy atom. The molecule has 1 N–H and O–H groups in total. The Kier molecular flexibility index (Phi) is 6.93. The van der Waals surface area contributed by atoms with Crippen LogP contribution in [-0.4, -0.2) is 20.1 Å². The molecule has 25 heavy (non-hydrogen) atoms. The van der Waals surface area contributed by atoms with Gasteiger partial charge in [0.1, 0.15) is 0 Å². The Morgan fingerprint density at radius 3 is 2.28 bits per heavy atom. The fourth-order valence-corrected chi connectivity index (χ4v) is 4.00. The predicted octanol–water partition coefficient (Wildman–Crippen LogP) is 4.62. The zero-order valence-electron chi connectivity index (χ0n) is 14.4. The highest BCUT2D eigenvalue weighted by Gasteiger charge is 2.27. The van der Waals surface area contributed by atoms with E-state index in [9.17, 15) is 22.0 Å². The molecule has 7 heteroatoms. The third kappa shape index (κ3) is 5.23. The lowest BCUT2D eigenvalue weighted by molar-refractivity contribution is -0.121. The largest absolute Gasteiger partial charge is 0.341 e. The van der Waals surface area contributed by atoms with Gasteiger partial charge in [-0.15, -0.1) is 0 Å². The number of rotatable bonds is 7. The molecule has 1 amide bonds. The van der Waals surface area contributed by atoms with Crippen LogP contribution < -0.4 is 5.32 Å². The molecule has 1 aliphatic rings. The molecule has 4 nitrogen and oxygen atoms in total. The van der Waals surface area contributed by atoms with Gasteiger partial charge >= 0.3 is 5.76 Å². The van der Waals surface area contributed by atoms with Crippen molar-refractivity contribution in [3.05, 3.63) is 24.3 Å². The first kappa shape index (κ1) is 19.8. The smallest absolute Gasteiger partial charge is 0.326 e. The summed E-state index contributed by atoms with van der Waals surface area (Å²) < 4.78 is 47.8. The van der Waals surface area contributed by atoms with Crippen molar-refractivity contribution in [1.82, 2.24) is 0 Å². The Bertz CT molecular complexity index is 666. The molecule has 0 spiro atoms. The van der Waals surface area contributed by atoms with E-state index in [2.05, 4.69) is 12.2 Å². The number of nitrogens with one attached hydrogen (secondary N) is 1. The Morgan fingerprint density at radius 2 is 1.76 bits per heavy atom. The van der Waals surface area contributed by atoms with Crippen LogP contribution in [0.25, 0.3) is 0 Å². The van der Waals surface area contributed by atoms with Crippen LogP contribution in [-0.2, 0) is 14.6 Å². The minimum Gasteiger partial charge on any atom is -0.326 e. The van der Waals surface area contributed by atoms with Crippen molar-refractivity contribution in [3.8, 4) is 0 Å². The number of alkyl halides is 2. The Hall–Kier alpha value is -1.50. The van der Waals surface area contributed by atoms with Crippen LogP contribution in [0.3, 0.4) is 0 Å². The van der Waals surface area contributed by atoms with E-state index in [4.69, 9.17) is 0 Å². The van der Waals surface area contributed by atoms with E-state index in [0.29, 0.717) is 11.6 Å². The first-order valence-corrected chi connectivity index (χ1v) is 10.3. The lowest BCUT2D eigenvalue weighted by atomic mass is 9.79. The van der Waals surface area contributed by atoms with Crippen LogP contribution in [0, 0.1) is 11.8 Å². The number of benzene rings is 1. The lowest BCUT2D eigenvalue weighted by Gasteiger charge is -2.27. The van der Waals surface area contributed by atoms with Gasteiger partial charge in [0.2, 0.25) is 15.7 Å². The molecular formula is C18H25F2NO3S. The maximum absolute atomic E-state index is 12.5. The van der Waals surface area contributed by atoms with Crippen molar-refractivity contribution in [2.45, 2.75) is 62.5 Å². The molecule has 2 rings (SSSR count). The van der Waals surface area contributed by atoms with E-state index in [1.54, 1.807) is 0 Å². The number of amides is 1. The third-order valence-corrected chi connectivity index (χ3v) is 6.27. The quantitative estimate of drug-likeness (QED) is 0.759.